The molecule has 1 aromatic carbocycles. The van der Waals surface area contributed by atoms with E-state index >= 15 is 0 Å². The molecule has 1 saturated carbocycles. The zero-order valence-corrected chi connectivity index (χ0v) is 12.7. The SMILES string of the molecule is CNC1CCCc2ccc(OCC(=O)NCC3CC3)cc21. The van der Waals surface area contributed by atoms with Crippen LogP contribution in [0.15, 0.2) is 18.2 Å². The van der Waals surface area contributed by atoms with Crippen LogP contribution in [0.5, 0.6) is 5.75 Å². The molecule has 1 amide bonds. The minimum Gasteiger partial charge on any atom is -0.484 e. The topological polar surface area (TPSA) is 50.4 Å². The number of fused-ring (bicyclic) bond motifs is 1. The summed E-state index contributed by atoms with van der Waals surface area (Å²) in [5.41, 5.74) is 2.71. The maximum absolute atomic E-state index is 11.7. The molecule has 0 aromatic heterocycles. The predicted octanol–water partition coefficient (Wildman–Crippen LogP) is 2.19. The average Bonchev–Trinajstić information content (AvgIpc) is 3.34. The fraction of sp³-hybridized carbons (Fsp3) is 0.588. The fourth-order valence-electron chi connectivity index (χ4n) is 2.95. The second-order valence-electron chi connectivity index (χ2n) is 6.13. The van der Waals surface area contributed by atoms with E-state index in [0.29, 0.717) is 12.0 Å². The van der Waals surface area contributed by atoms with Crippen LogP contribution in [0, 0.1) is 5.92 Å². The highest BCUT2D eigenvalue weighted by atomic mass is 16.5. The Labute approximate surface area is 126 Å². The van der Waals surface area contributed by atoms with Gasteiger partial charge in [-0.3, -0.25) is 4.79 Å². The molecule has 4 nitrogen and oxygen atoms in total. The van der Waals surface area contributed by atoms with Crippen LogP contribution in [0.1, 0.15) is 42.9 Å². The van der Waals surface area contributed by atoms with E-state index in [9.17, 15) is 4.79 Å². The standard InChI is InChI=1S/C17H24N2O2/c1-18-16-4-2-3-13-7-8-14(9-15(13)16)21-11-17(20)19-10-12-5-6-12/h7-9,12,16,18H,2-6,10-11H2,1H3,(H,19,20). The molecule has 1 atom stereocenters. The molecule has 0 bridgehead atoms. The van der Waals surface area contributed by atoms with Crippen LogP contribution in [0.3, 0.4) is 0 Å². The van der Waals surface area contributed by atoms with Crippen LogP contribution in [0.25, 0.3) is 0 Å². The highest BCUT2D eigenvalue weighted by Gasteiger charge is 2.22. The average molecular weight is 288 g/mol. The van der Waals surface area contributed by atoms with Gasteiger partial charge >= 0.3 is 0 Å². The summed E-state index contributed by atoms with van der Waals surface area (Å²) < 4.78 is 5.64. The zero-order chi connectivity index (χ0) is 14.7. The first kappa shape index (κ1) is 14.4. The Morgan fingerprint density at radius 2 is 2.19 bits per heavy atom. The molecule has 0 aliphatic heterocycles. The molecule has 2 N–H and O–H groups in total. The van der Waals surface area contributed by atoms with Gasteiger partial charge in [-0.1, -0.05) is 6.07 Å². The van der Waals surface area contributed by atoms with Gasteiger partial charge in [0.2, 0.25) is 0 Å². The third kappa shape index (κ3) is 3.76. The quantitative estimate of drug-likeness (QED) is 0.843. The van der Waals surface area contributed by atoms with Crippen molar-refractivity contribution in [3.63, 3.8) is 0 Å². The Morgan fingerprint density at radius 3 is 2.95 bits per heavy atom. The van der Waals surface area contributed by atoms with Crippen LogP contribution in [0.2, 0.25) is 0 Å². The molecule has 4 heteroatoms. The van der Waals surface area contributed by atoms with Crippen molar-refractivity contribution in [2.75, 3.05) is 20.2 Å². The molecule has 21 heavy (non-hydrogen) atoms. The lowest BCUT2D eigenvalue weighted by atomic mass is 9.87. The van der Waals surface area contributed by atoms with Crippen LogP contribution in [-0.2, 0) is 11.2 Å². The summed E-state index contributed by atoms with van der Waals surface area (Å²) in [6, 6.07) is 6.60. The smallest absolute Gasteiger partial charge is 0.257 e. The normalized spacial score (nSPS) is 20.7. The van der Waals surface area contributed by atoms with E-state index < -0.39 is 0 Å². The number of carbonyl (C=O) groups is 1. The number of benzene rings is 1. The van der Waals surface area contributed by atoms with Gasteiger partial charge in [0.15, 0.2) is 6.61 Å². The van der Waals surface area contributed by atoms with Crippen LogP contribution in [0.4, 0.5) is 0 Å². The molecule has 114 valence electrons. The van der Waals surface area contributed by atoms with Gasteiger partial charge < -0.3 is 15.4 Å². The van der Waals surface area contributed by atoms with Gasteiger partial charge in [0, 0.05) is 12.6 Å². The molecular weight excluding hydrogens is 264 g/mol. The van der Waals surface area contributed by atoms with Gasteiger partial charge in [0.05, 0.1) is 0 Å². The fourth-order valence-corrected chi connectivity index (χ4v) is 2.95. The largest absolute Gasteiger partial charge is 0.484 e. The Morgan fingerprint density at radius 1 is 1.33 bits per heavy atom. The second kappa shape index (κ2) is 6.48. The second-order valence-corrected chi connectivity index (χ2v) is 6.13. The summed E-state index contributed by atoms with van der Waals surface area (Å²) in [6.45, 7) is 0.907. The van der Waals surface area contributed by atoms with E-state index in [1.54, 1.807) is 0 Å². The molecule has 0 spiro atoms. The molecule has 2 aliphatic rings. The molecule has 0 heterocycles. The van der Waals surface area contributed by atoms with Crippen molar-refractivity contribution in [2.24, 2.45) is 5.92 Å². The lowest BCUT2D eigenvalue weighted by Gasteiger charge is -2.25. The number of hydrogen-bond acceptors (Lipinski definition) is 3. The molecule has 3 rings (SSSR count). The summed E-state index contributed by atoms with van der Waals surface area (Å²) in [7, 11) is 2.00. The van der Waals surface area contributed by atoms with Crippen molar-refractivity contribution in [1.29, 1.82) is 0 Å². The number of amides is 1. The maximum atomic E-state index is 11.7. The Balaban J connectivity index is 1.56. The van der Waals surface area contributed by atoms with Gasteiger partial charge in [-0.2, -0.15) is 0 Å². The molecule has 1 fully saturated rings. The van der Waals surface area contributed by atoms with Crippen molar-refractivity contribution in [3.05, 3.63) is 29.3 Å². The van der Waals surface area contributed by atoms with E-state index in [-0.39, 0.29) is 12.5 Å². The predicted molar refractivity (Wildman–Crippen MR) is 82.4 cm³/mol. The van der Waals surface area contributed by atoms with Crippen LogP contribution >= 0.6 is 0 Å². The third-order valence-electron chi connectivity index (χ3n) is 4.43. The molecular formula is C17H24N2O2. The lowest BCUT2D eigenvalue weighted by Crippen LogP contribution is -2.30. The summed E-state index contributed by atoms with van der Waals surface area (Å²) >= 11 is 0. The third-order valence-corrected chi connectivity index (χ3v) is 4.43. The lowest BCUT2D eigenvalue weighted by molar-refractivity contribution is -0.123. The number of carbonyl (C=O) groups excluding carboxylic acids is 1. The van der Waals surface area contributed by atoms with E-state index in [4.69, 9.17) is 4.74 Å². The number of aryl methyl sites for hydroxylation is 1. The monoisotopic (exact) mass is 288 g/mol. The molecule has 0 saturated heterocycles. The number of ether oxygens (including phenoxy) is 1. The maximum Gasteiger partial charge on any atom is 0.257 e. The van der Waals surface area contributed by atoms with E-state index in [1.165, 1.54) is 30.4 Å². The summed E-state index contributed by atoms with van der Waals surface area (Å²) in [4.78, 5) is 11.7. The Kier molecular flexibility index (Phi) is 4.44. The molecule has 1 unspecified atom stereocenters. The van der Waals surface area contributed by atoms with Gasteiger partial charge in [0.25, 0.3) is 5.91 Å². The summed E-state index contributed by atoms with van der Waals surface area (Å²) in [5, 5.41) is 6.28. The molecule has 1 aromatic rings. The van der Waals surface area contributed by atoms with Gasteiger partial charge in [-0.15, -0.1) is 0 Å². The van der Waals surface area contributed by atoms with Gasteiger partial charge in [-0.05, 0) is 68.3 Å². The van der Waals surface area contributed by atoms with E-state index in [0.717, 1.165) is 25.1 Å². The van der Waals surface area contributed by atoms with Crippen molar-refractivity contribution in [1.82, 2.24) is 10.6 Å². The molecule has 2 aliphatic carbocycles. The summed E-state index contributed by atoms with van der Waals surface area (Å²) in [5.74, 6) is 1.47. The van der Waals surface area contributed by atoms with E-state index in [2.05, 4.69) is 22.8 Å². The van der Waals surface area contributed by atoms with Crippen LogP contribution in [-0.4, -0.2) is 26.1 Å². The molecule has 0 radical (unpaired) electrons. The summed E-state index contributed by atoms with van der Waals surface area (Å²) in [6.07, 6.45) is 6.02. The zero-order valence-electron chi connectivity index (χ0n) is 12.7. The minimum absolute atomic E-state index is 0.0233. The number of rotatable bonds is 6. The first-order valence-corrected chi connectivity index (χ1v) is 7.96. The van der Waals surface area contributed by atoms with Crippen molar-refractivity contribution in [2.45, 2.75) is 38.1 Å². The van der Waals surface area contributed by atoms with Gasteiger partial charge in [-0.25, -0.2) is 0 Å². The highest BCUT2D eigenvalue weighted by molar-refractivity contribution is 5.77. The van der Waals surface area contributed by atoms with Crippen molar-refractivity contribution < 1.29 is 9.53 Å². The van der Waals surface area contributed by atoms with Crippen LogP contribution < -0.4 is 15.4 Å². The highest BCUT2D eigenvalue weighted by Crippen LogP contribution is 2.32. The van der Waals surface area contributed by atoms with Crippen molar-refractivity contribution >= 4 is 5.91 Å². The Hall–Kier alpha value is -1.55. The number of nitrogens with one attached hydrogen (secondary N) is 2. The minimum atomic E-state index is -0.0233. The first-order chi connectivity index (χ1) is 10.3. The van der Waals surface area contributed by atoms with Crippen molar-refractivity contribution in [3.8, 4) is 5.75 Å². The van der Waals surface area contributed by atoms with Gasteiger partial charge in [0.1, 0.15) is 5.75 Å². The number of hydrogen-bond donors (Lipinski definition) is 2. The first-order valence-electron chi connectivity index (χ1n) is 7.96. The Bertz CT molecular complexity index is 512. The van der Waals surface area contributed by atoms with E-state index in [1.807, 2.05) is 13.1 Å².